The minimum atomic E-state index is -0.405. The molecule has 1 aromatic carbocycles. The van der Waals surface area contributed by atoms with Gasteiger partial charge in [-0.1, -0.05) is 0 Å². The molecule has 1 aliphatic heterocycles. The Morgan fingerprint density at radius 1 is 1.62 bits per heavy atom. The molecule has 0 saturated carbocycles. The van der Waals surface area contributed by atoms with E-state index in [0.29, 0.717) is 22.9 Å². The minimum Gasteiger partial charge on any atom is -0.443 e. The van der Waals surface area contributed by atoms with Crippen LogP contribution in [0.3, 0.4) is 0 Å². The van der Waals surface area contributed by atoms with E-state index in [9.17, 15) is 9.18 Å². The predicted octanol–water partition coefficient (Wildman–Crippen LogP) is 1.61. The van der Waals surface area contributed by atoms with Gasteiger partial charge in [0.1, 0.15) is 11.9 Å². The Hall–Kier alpha value is -1.43. The number of amides is 1. The van der Waals surface area contributed by atoms with Crippen molar-refractivity contribution >= 4 is 23.5 Å². The smallest absolute Gasteiger partial charge is 0.407 e. The number of nitrogens with two attached hydrogens (primary N) is 1. The number of alkyl carbamates (subject to hydrolysis) is 1. The van der Waals surface area contributed by atoms with Crippen LogP contribution in [-0.4, -0.2) is 24.5 Å². The highest BCUT2D eigenvalue weighted by Gasteiger charge is 2.22. The Kier molecular flexibility index (Phi) is 3.19. The lowest BCUT2D eigenvalue weighted by atomic mass is 10.3. The summed E-state index contributed by atoms with van der Waals surface area (Å²) in [6.45, 7) is 0.487. The number of anilines is 1. The van der Waals surface area contributed by atoms with Crippen LogP contribution in [0, 0.1) is 5.82 Å². The maximum atomic E-state index is 12.9. The third-order valence-electron chi connectivity index (χ3n) is 2.15. The molecule has 0 aliphatic carbocycles. The SMILES string of the molecule is Nc1ccc(F)cc1SCC1CNC(=O)O1. The summed E-state index contributed by atoms with van der Waals surface area (Å²) >= 11 is 1.38. The number of thioether (sulfide) groups is 1. The molecule has 1 aromatic rings. The molecule has 16 heavy (non-hydrogen) atoms. The van der Waals surface area contributed by atoms with E-state index in [-0.39, 0.29) is 11.9 Å². The summed E-state index contributed by atoms with van der Waals surface area (Å²) in [4.78, 5) is 11.4. The molecule has 1 aliphatic rings. The number of carbonyl (C=O) groups excluding carboxylic acids is 1. The zero-order chi connectivity index (χ0) is 11.5. The Morgan fingerprint density at radius 2 is 2.44 bits per heavy atom. The lowest BCUT2D eigenvalue weighted by Crippen LogP contribution is -2.16. The number of carbonyl (C=O) groups is 1. The molecule has 6 heteroatoms. The topological polar surface area (TPSA) is 64.3 Å². The molecule has 1 saturated heterocycles. The van der Waals surface area contributed by atoms with Gasteiger partial charge in [0.25, 0.3) is 0 Å². The van der Waals surface area contributed by atoms with Crippen LogP contribution >= 0.6 is 11.8 Å². The molecule has 2 rings (SSSR count). The first-order chi connectivity index (χ1) is 7.65. The van der Waals surface area contributed by atoms with E-state index < -0.39 is 6.09 Å². The van der Waals surface area contributed by atoms with Gasteiger partial charge < -0.3 is 15.8 Å². The molecule has 1 amide bonds. The number of nitrogen functional groups attached to an aromatic ring is 1. The monoisotopic (exact) mass is 242 g/mol. The Morgan fingerprint density at radius 3 is 3.12 bits per heavy atom. The summed E-state index contributed by atoms with van der Waals surface area (Å²) in [6.07, 6.45) is -0.585. The normalized spacial score (nSPS) is 19.3. The largest absolute Gasteiger partial charge is 0.443 e. The lowest BCUT2D eigenvalue weighted by Gasteiger charge is -2.08. The third-order valence-corrected chi connectivity index (χ3v) is 3.35. The van der Waals surface area contributed by atoms with E-state index in [1.165, 1.54) is 30.0 Å². The van der Waals surface area contributed by atoms with Crippen LogP contribution < -0.4 is 11.1 Å². The molecule has 0 bridgehead atoms. The van der Waals surface area contributed by atoms with Crippen LogP contribution in [0.15, 0.2) is 23.1 Å². The molecule has 1 unspecified atom stereocenters. The first kappa shape index (κ1) is 11.1. The van der Waals surface area contributed by atoms with Crippen molar-refractivity contribution in [3.63, 3.8) is 0 Å². The van der Waals surface area contributed by atoms with Gasteiger partial charge in [-0.15, -0.1) is 11.8 Å². The molecular weight excluding hydrogens is 231 g/mol. The van der Waals surface area contributed by atoms with E-state index in [2.05, 4.69) is 5.32 Å². The van der Waals surface area contributed by atoms with Gasteiger partial charge in [0.05, 0.1) is 6.54 Å². The van der Waals surface area contributed by atoms with Crippen LogP contribution in [0.4, 0.5) is 14.9 Å². The molecule has 3 N–H and O–H groups in total. The van der Waals surface area contributed by atoms with E-state index in [0.717, 1.165) is 0 Å². The summed E-state index contributed by atoms with van der Waals surface area (Å²) in [7, 11) is 0. The number of nitrogens with one attached hydrogen (secondary N) is 1. The molecule has 4 nitrogen and oxygen atoms in total. The summed E-state index contributed by atoms with van der Waals surface area (Å²) < 4.78 is 17.9. The van der Waals surface area contributed by atoms with Gasteiger partial charge in [-0.25, -0.2) is 9.18 Å². The van der Waals surface area contributed by atoms with Crippen molar-refractivity contribution in [1.29, 1.82) is 0 Å². The molecule has 1 atom stereocenters. The van der Waals surface area contributed by atoms with Crippen molar-refractivity contribution in [2.75, 3.05) is 18.0 Å². The van der Waals surface area contributed by atoms with E-state index >= 15 is 0 Å². The van der Waals surface area contributed by atoms with E-state index in [1.54, 1.807) is 0 Å². The van der Waals surface area contributed by atoms with Gasteiger partial charge in [-0.05, 0) is 18.2 Å². The molecule has 0 aromatic heterocycles. The van der Waals surface area contributed by atoms with Crippen LogP contribution in [0.1, 0.15) is 0 Å². The number of halogens is 1. The summed E-state index contributed by atoms with van der Waals surface area (Å²) in [6, 6.07) is 4.22. The maximum Gasteiger partial charge on any atom is 0.407 e. The van der Waals surface area contributed by atoms with E-state index in [4.69, 9.17) is 10.5 Å². The van der Waals surface area contributed by atoms with Gasteiger partial charge in [-0.3, -0.25) is 0 Å². The summed E-state index contributed by atoms with van der Waals surface area (Å²) in [5, 5.41) is 2.55. The molecule has 86 valence electrons. The highest BCUT2D eigenvalue weighted by Crippen LogP contribution is 2.27. The highest BCUT2D eigenvalue weighted by molar-refractivity contribution is 7.99. The van der Waals surface area contributed by atoms with Gasteiger partial charge >= 0.3 is 6.09 Å². The van der Waals surface area contributed by atoms with Gasteiger partial charge in [0, 0.05) is 16.3 Å². The molecular formula is C10H11FN2O2S. The van der Waals surface area contributed by atoms with Crippen molar-refractivity contribution in [2.45, 2.75) is 11.0 Å². The van der Waals surface area contributed by atoms with Gasteiger partial charge in [0.2, 0.25) is 0 Å². The van der Waals surface area contributed by atoms with E-state index in [1.807, 2.05) is 0 Å². The number of ether oxygens (including phenoxy) is 1. The van der Waals surface area contributed by atoms with Crippen LogP contribution in [0.25, 0.3) is 0 Å². The predicted molar refractivity (Wildman–Crippen MR) is 59.8 cm³/mol. The Balaban J connectivity index is 1.94. The fourth-order valence-corrected chi connectivity index (χ4v) is 2.32. The van der Waals surface area contributed by atoms with Gasteiger partial charge in [-0.2, -0.15) is 0 Å². The number of hydrogen-bond donors (Lipinski definition) is 2. The standard InChI is InChI=1S/C10H11FN2O2S/c11-6-1-2-8(12)9(3-6)16-5-7-4-13-10(14)15-7/h1-3,7H,4-5,12H2,(H,13,14). The van der Waals surface area contributed by atoms with Crippen molar-refractivity contribution in [3.8, 4) is 0 Å². The molecule has 1 heterocycles. The van der Waals surface area contributed by atoms with Crippen LogP contribution in [-0.2, 0) is 4.74 Å². The molecule has 0 spiro atoms. The Labute approximate surface area is 96.3 Å². The fourth-order valence-electron chi connectivity index (χ4n) is 1.34. The average Bonchev–Trinajstić information content (AvgIpc) is 2.66. The molecule has 1 fully saturated rings. The highest BCUT2D eigenvalue weighted by atomic mass is 32.2. The number of rotatable bonds is 3. The Bertz CT molecular complexity index is 414. The van der Waals surface area contributed by atoms with Crippen molar-refractivity contribution in [3.05, 3.63) is 24.0 Å². The fraction of sp³-hybridized carbons (Fsp3) is 0.300. The maximum absolute atomic E-state index is 12.9. The zero-order valence-corrected chi connectivity index (χ0v) is 9.22. The number of cyclic esters (lactones) is 1. The number of hydrogen-bond acceptors (Lipinski definition) is 4. The summed E-state index contributed by atoms with van der Waals surface area (Å²) in [5.74, 6) is 0.241. The second-order valence-corrected chi connectivity index (χ2v) is 4.46. The lowest BCUT2D eigenvalue weighted by molar-refractivity contribution is 0.150. The quantitative estimate of drug-likeness (QED) is 0.624. The first-order valence-electron chi connectivity index (χ1n) is 4.77. The second-order valence-electron chi connectivity index (χ2n) is 3.40. The zero-order valence-electron chi connectivity index (χ0n) is 8.40. The number of benzene rings is 1. The van der Waals surface area contributed by atoms with Crippen molar-refractivity contribution < 1.29 is 13.9 Å². The second kappa shape index (κ2) is 4.61. The average molecular weight is 242 g/mol. The summed E-state index contributed by atoms with van der Waals surface area (Å²) in [5.41, 5.74) is 6.22. The third kappa shape index (κ3) is 2.57. The minimum absolute atomic E-state index is 0.180. The molecule has 0 radical (unpaired) electrons. The first-order valence-corrected chi connectivity index (χ1v) is 5.76. The van der Waals surface area contributed by atoms with Gasteiger partial charge in [0.15, 0.2) is 0 Å². The van der Waals surface area contributed by atoms with Crippen molar-refractivity contribution in [2.24, 2.45) is 0 Å². The van der Waals surface area contributed by atoms with Crippen molar-refractivity contribution in [1.82, 2.24) is 5.32 Å². The van der Waals surface area contributed by atoms with Crippen LogP contribution in [0.5, 0.6) is 0 Å². The van der Waals surface area contributed by atoms with Crippen LogP contribution in [0.2, 0.25) is 0 Å².